The van der Waals surface area contributed by atoms with Crippen molar-refractivity contribution >= 4 is 23.5 Å². The van der Waals surface area contributed by atoms with Crippen molar-refractivity contribution < 1.29 is 0 Å². The second-order valence-corrected chi connectivity index (χ2v) is 6.23. The summed E-state index contributed by atoms with van der Waals surface area (Å²) >= 11 is 1.71. The molecule has 0 bridgehead atoms. The average molecular weight is 304 g/mol. The SMILES string of the molecule is C/C=c1/ncccc(=[N+](C)C)ccs/c1=C/C(C)N(C)C. The molecule has 0 aliphatic heterocycles. The van der Waals surface area contributed by atoms with Crippen molar-refractivity contribution in [3.8, 4) is 0 Å². The molecule has 3 nitrogen and oxygen atoms in total. The first kappa shape index (κ1) is 17.5. The van der Waals surface area contributed by atoms with Crippen LogP contribution in [0, 0.1) is 0 Å². The summed E-state index contributed by atoms with van der Waals surface area (Å²) in [4.78, 5) is 6.75. The Hall–Kier alpha value is -1.52. The van der Waals surface area contributed by atoms with Crippen LogP contribution < -0.4 is 19.8 Å². The van der Waals surface area contributed by atoms with Gasteiger partial charge in [0.25, 0.3) is 0 Å². The van der Waals surface area contributed by atoms with Gasteiger partial charge in [-0.15, -0.1) is 11.3 Å². The van der Waals surface area contributed by atoms with Gasteiger partial charge >= 0.3 is 0 Å². The molecule has 0 fully saturated rings. The molecule has 0 saturated carbocycles. The van der Waals surface area contributed by atoms with Crippen LogP contribution >= 0.6 is 11.3 Å². The van der Waals surface area contributed by atoms with Crippen molar-refractivity contribution in [3.05, 3.63) is 45.0 Å². The molecule has 0 aliphatic rings. The van der Waals surface area contributed by atoms with Crippen molar-refractivity contribution in [2.24, 2.45) is 0 Å². The van der Waals surface area contributed by atoms with Crippen LogP contribution in [0.3, 0.4) is 0 Å². The van der Waals surface area contributed by atoms with Gasteiger partial charge in [-0.05, 0) is 45.5 Å². The lowest BCUT2D eigenvalue weighted by molar-refractivity contribution is 0.378. The van der Waals surface area contributed by atoms with Crippen LogP contribution in [0.15, 0.2) is 29.8 Å². The van der Waals surface area contributed by atoms with Crippen LogP contribution in [0.4, 0.5) is 0 Å². The zero-order valence-electron chi connectivity index (χ0n) is 13.9. The van der Waals surface area contributed by atoms with Crippen molar-refractivity contribution in [3.63, 3.8) is 0 Å². The van der Waals surface area contributed by atoms with E-state index in [0.717, 1.165) is 10.7 Å². The molecule has 0 aliphatic carbocycles. The summed E-state index contributed by atoms with van der Waals surface area (Å²) in [6.45, 7) is 4.21. The quantitative estimate of drug-likeness (QED) is 0.754. The maximum Gasteiger partial charge on any atom is 0.200 e. The third kappa shape index (κ3) is 5.78. The molecule has 0 N–H and O–H groups in total. The minimum absolute atomic E-state index is 0.363. The topological polar surface area (TPSA) is 19.1 Å². The van der Waals surface area contributed by atoms with E-state index in [-0.39, 0.29) is 0 Å². The van der Waals surface area contributed by atoms with E-state index in [4.69, 9.17) is 0 Å². The standard InChI is InChI=1S/C17H26N3S/c1-7-16-17(13-14(2)19(3)4)21-12-10-15(20(5)6)9-8-11-18-16/h7-14H,1-6H3/q+1/b9-8?,12-10?,16-7+,17-13+,18-11?. The normalized spacial score (nSPS) is 14.0. The van der Waals surface area contributed by atoms with Crippen LogP contribution in [0.25, 0.3) is 12.2 Å². The maximum absolute atomic E-state index is 4.57. The highest BCUT2D eigenvalue weighted by Gasteiger charge is 1.98. The highest BCUT2D eigenvalue weighted by Crippen LogP contribution is 1.92. The largest absolute Gasteiger partial charge is 0.303 e. The van der Waals surface area contributed by atoms with Crippen molar-refractivity contribution in [1.82, 2.24) is 14.5 Å². The van der Waals surface area contributed by atoms with Crippen molar-refractivity contribution in [2.75, 3.05) is 28.2 Å². The third-order valence-electron chi connectivity index (χ3n) is 3.25. The lowest BCUT2D eigenvalue weighted by Crippen LogP contribution is -2.30. The smallest absolute Gasteiger partial charge is 0.200 e. The van der Waals surface area contributed by atoms with Gasteiger partial charge in [0.05, 0.1) is 5.35 Å². The summed E-state index contributed by atoms with van der Waals surface area (Å²) in [6.07, 6.45) is 6.16. The van der Waals surface area contributed by atoms with E-state index >= 15 is 0 Å². The number of hydrogen-bond donors (Lipinski definition) is 0. The zero-order chi connectivity index (χ0) is 15.8. The summed E-state index contributed by atoms with van der Waals surface area (Å²) in [5, 5.41) is 4.28. The molecule has 1 unspecified atom stereocenters. The minimum atomic E-state index is 0.363. The Balaban J connectivity index is 3.70. The molecule has 0 amide bonds. The summed E-state index contributed by atoms with van der Waals surface area (Å²) < 4.78 is 3.27. The van der Waals surface area contributed by atoms with Gasteiger partial charge in [0, 0.05) is 28.9 Å². The minimum Gasteiger partial charge on any atom is -0.303 e. The van der Waals surface area contributed by atoms with E-state index in [1.165, 1.54) is 4.53 Å². The molecule has 4 heteroatoms. The van der Waals surface area contributed by atoms with Gasteiger partial charge in [-0.3, -0.25) is 4.98 Å². The molecule has 0 radical (unpaired) electrons. The van der Waals surface area contributed by atoms with Gasteiger partial charge in [0.2, 0.25) is 0 Å². The number of rotatable bonds is 2. The van der Waals surface area contributed by atoms with Gasteiger partial charge in [-0.2, -0.15) is 0 Å². The second kappa shape index (κ2) is 8.70. The lowest BCUT2D eigenvalue weighted by atomic mass is 10.3. The predicted molar refractivity (Wildman–Crippen MR) is 93.9 cm³/mol. The molecule has 0 spiro atoms. The summed E-state index contributed by atoms with van der Waals surface area (Å²) in [5.74, 6) is 0. The fourth-order valence-electron chi connectivity index (χ4n) is 1.63. The van der Waals surface area contributed by atoms with E-state index < -0.39 is 0 Å². The number of nitrogens with zero attached hydrogens (tertiary/aromatic N) is 3. The first-order valence-electron chi connectivity index (χ1n) is 7.09. The summed E-state index contributed by atoms with van der Waals surface area (Å²) in [6, 6.07) is 6.53. The molecule has 1 aromatic rings. The number of hydrogen-bond acceptors (Lipinski definition) is 3. The van der Waals surface area contributed by atoms with Crippen molar-refractivity contribution in [2.45, 2.75) is 19.9 Å². The van der Waals surface area contributed by atoms with Crippen LogP contribution in [-0.4, -0.2) is 44.1 Å². The number of aromatic nitrogens is 1. The highest BCUT2D eigenvalue weighted by atomic mass is 32.1. The molecular formula is C17H26N3S+. The van der Waals surface area contributed by atoms with Crippen molar-refractivity contribution in [1.29, 1.82) is 0 Å². The van der Waals surface area contributed by atoms with Crippen LogP contribution in [0.2, 0.25) is 0 Å². The molecule has 1 atom stereocenters. The predicted octanol–water partition coefficient (Wildman–Crippen LogP) is 0.830. The average Bonchev–Trinajstić information content (AvgIpc) is 2.44. The molecular weight excluding hydrogens is 278 g/mol. The van der Waals surface area contributed by atoms with E-state index in [0.29, 0.717) is 6.04 Å². The molecule has 1 heterocycles. The first-order chi connectivity index (χ1) is 9.95. The van der Waals surface area contributed by atoms with Crippen LogP contribution in [0.5, 0.6) is 0 Å². The Bertz CT molecular complexity index is 696. The fourth-order valence-corrected chi connectivity index (χ4v) is 2.55. The van der Waals surface area contributed by atoms with Crippen LogP contribution in [-0.2, 0) is 0 Å². The van der Waals surface area contributed by atoms with Crippen LogP contribution in [0.1, 0.15) is 13.8 Å². The molecule has 0 saturated heterocycles. The highest BCUT2D eigenvalue weighted by molar-refractivity contribution is 7.07. The van der Waals surface area contributed by atoms with Gasteiger partial charge < -0.3 is 4.90 Å². The van der Waals surface area contributed by atoms with E-state index in [2.05, 4.69) is 65.1 Å². The second-order valence-electron chi connectivity index (χ2n) is 5.29. The fraction of sp³-hybridized carbons (Fsp3) is 0.412. The van der Waals surface area contributed by atoms with E-state index in [1.807, 2.05) is 33.3 Å². The van der Waals surface area contributed by atoms with Gasteiger partial charge in [-0.1, -0.05) is 6.08 Å². The third-order valence-corrected chi connectivity index (χ3v) is 4.12. The van der Waals surface area contributed by atoms with Gasteiger partial charge in [-0.25, -0.2) is 4.58 Å². The lowest BCUT2D eigenvalue weighted by Gasteiger charge is -2.14. The Morgan fingerprint density at radius 2 is 2.00 bits per heavy atom. The van der Waals surface area contributed by atoms with E-state index in [9.17, 15) is 0 Å². The monoisotopic (exact) mass is 304 g/mol. The Labute approximate surface area is 131 Å². The summed E-state index contributed by atoms with van der Waals surface area (Å²) in [7, 11) is 8.25. The van der Waals surface area contributed by atoms with Gasteiger partial charge in [0.1, 0.15) is 14.1 Å². The first-order valence-corrected chi connectivity index (χ1v) is 7.96. The molecule has 1 rings (SSSR count). The molecule has 1 aromatic heterocycles. The van der Waals surface area contributed by atoms with E-state index in [1.54, 1.807) is 11.3 Å². The molecule has 0 aromatic carbocycles. The van der Waals surface area contributed by atoms with Gasteiger partial charge in [0.15, 0.2) is 5.36 Å². The Morgan fingerprint density at radius 1 is 1.29 bits per heavy atom. The molecule has 21 heavy (non-hydrogen) atoms. The Morgan fingerprint density at radius 3 is 2.57 bits per heavy atom. The Kier molecular flexibility index (Phi) is 7.26. The maximum atomic E-state index is 4.57. The molecule has 114 valence electrons. The summed E-state index contributed by atoms with van der Waals surface area (Å²) in [5.41, 5.74) is 0. The zero-order valence-corrected chi connectivity index (χ0v) is 14.7.